The molecule has 0 aromatic heterocycles. The number of rotatable bonds is 4. The molecule has 0 amide bonds. The molecule has 82 valence electrons. The molecule has 1 heterocycles. The van der Waals surface area contributed by atoms with Crippen molar-refractivity contribution in [2.45, 2.75) is 13.0 Å². The highest BCUT2D eigenvalue weighted by Gasteiger charge is 2.14. The molecule has 1 aliphatic heterocycles. The van der Waals surface area contributed by atoms with Gasteiger partial charge in [0.1, 0.15) is 5.75 Å². The predicted molar refractivity (Wildman–Crippen MR) is 58.8 cm³/mol. The third-order valence-corrected chi connectivity index (χ3v) is 2.75. The summed E-state index contributed by atoms with van der Waals surface area (Å²) in [5, 5.41) is 12.2. The zero-order valence-corrected chi connectivity index (χ0v) is 8.78. The SMILES string of the molecule is OCc1ccc(OCC2CCNC2)cc1. The molecule has 1 aromatic rings. The molecule has 1 aliphatic rings. The van der Waals surface area contributed by atoms with Gasteiger partial charge in [-0.2, -0.15) is 0 Å². The molecule has 1 saturated heterocycles. The third-order valence-electron chi connectivity index (χ3n) is 2.75. The van der Waals surface area contributed by atoms with E-state index in [9.17, 15) is 0 Å². The highest BCUT2D eigenvalue weighted by molar-refractivity contribution is 5.26. The van der Waals surface area contributed by atoms with Gasteiger partial charge in [0, 0.05) is 12.5 Å². The largest absolute Gasteiger partial charge is 0.493 e. The van der Waals surface area contributed by atoms with Crippen LogP contribution in [0.5, 0.6) is 5.75 Å². The van der Waals surface area contributed by atoms with E-state index >= 15 is 0 Å². The van der Waals surface area contributed by atoms with Crippen LogP contribution >= 0.6 is 0 Å². The van der Waals surface area contributed by atoms with Crippen molar-refractivity contribution in [1.29, 1.82) is 0 Å². The molecule has 2 rings (SSSR count). The van der Waals surface area contributed by atoms with Gasteiger partial charge in [-0.25, -0.2) is 0 Å². The molecular weight excluding hydrogens is 190 g/mol. The number of nitrogens with one attached hydrogen (secondary N) is 1. The highest BCUT2D eigenvalue weighted by Crippen LogP contribution is 2.15. The second kappa shape index (κ2) is 5.14. The number of aliphatic hydroxyl groups excluding tert-OH is 1. The van der Waals surface area contributed by atoms with E-state index in [0.717, 1.165) is 31.0 Å². The van der Waals surface area contributed by atoms with E-state index in [2.05, 4.69) is 5.32 Å². The molecule has 0 spiro atoms. The normalized spacial score (nSPS) is 20.5. The van der Waals surface area contributed by atoms with Crippen LogP contribution in [0.15, 0.2) is 24.3 Å². The lowest BCUT2D eigenvalue weighted by Crippen LogP contribution is -2.15. The number of hydrogen-bond donors (Lipinski definition) is 2. The van der Waals surface area contributed by atoms with Gasteiger partial charge in [-0.15, -0.1) is 0 Å². The Labute approximate surface area is 90.1 Å². The Kier molecular flexibility index (Phi) is 3.59. The van der Waals surface area contributed by atoms with E-state index in [1.807, 2.05) is 24.3 Å². The van der Waals surface area contributed by atoms with Crippen molar-refractivity contribution in [3.8, 4) is 5.75 Å². The van der Waals surface area contributed by atoms with E-state index in [-0.39, 0.29) is 6.61 Å². The van der Waals surface area contributed by atoms with Gasteiger partial charge >= 0.3 is 0 Å². The fraction of sp³-hybridized carbons (Fsp3) is 0.500. The van der Waals surface area contributed by atoms with Gasteiger partial charge in [-0.1, -0.05) is 12.1 Å². The van der Waals surface area contributed by atoms with Gasteiger partial charge in [0.05, 0.1) is 13.2 Å². The Morgan fingerprint density at radius 2 is 2.13 bits per heavy atom. The molecule has 1 fully saturated rings. The lowest BCUT2D eigenvalue weighted by Gasteiger charge is -2.10. The third kappa shape index (κ3) is 2.94. The first-order chi connectivity index (χ1) is 7.38. The summed E-state index contributed by atoms with van der Waals surface area (Å²) in [5.74, 6) is 1.53. The smallest absolute Gasteiger partial charge is 0.119 e. The first kappa shape index (κ1) is 10.5. The molecule has 1 aromatic carbocycles. The topological polar surface area (TPSA) is 41.5 Å². The van der Waals surface area contributed by atoms with Crippen molar-refractivity contribution in [2.24, 2.45) is 5.92 Å². The standard InChI is InChI=1S/C12H17NO2/c14-8-10-1-3-12(4-2-10)15-9-11-5-6-13-7-11/h1-4,11,13-14H,5-9H2. The molecule has 2 N–H and O–H groups in total. The summed E-state index contributed by atoms with van der Waals surface area (Å²) in [6, 6.07) is 7.60. The Morgan fingerprint density at radius 1 is 1.33 bits per heavy atom. The van der Waals surface area contributed by atoms with Crippen molar-refractivity contribution in [3.63, 3.8) is 0 Å². The lowest BCUT2D eigenvalue weighted by molar-refractivity contribution is 0.259. The van der Waals surface area contributed by atoms with Crippen LogP contribution in [-0.2, 0) is 6.61 Å². The van der Waals surface area contributed by atoms with E-state index in [0.29, 0.717) is 5.92 Å². The molecule has 3 heteroatoms. The molecule has 0 bridgehead atoms. The number of benzene rings is 1. The van der Waals surface area contributed by atoms with Crippen molar-refractivity contribution in [2.75, 3.05) is 19.7 Å². The van der Waals surface area contributed by atoms with E-state index < -0.39 is 0 Å². The van der Waals surface area contributed by atoms with Crippen LogP contribution in [0.4, 0.5) is 0 Å². The second-order valence-electron chi connectivity index (χ2n) is 3.97. The maximum absolute atomic E-state index is 8.88. The molecule has 1 atom stereocenters. The summed E-state index contributed by atoms with van der Waals surface area (Å²) in [6.07, 6.45) is 1.20. The van der Waals surface area contributed by atoms with Crippen molar-refractivity contribution < 1.29 is 9.84 Å². The molecule has 1 unspecified atom stereocenters. The average molecular weight is 207 g/mol. The van der Waals surface area contributed by atoms with Crippen LogP contribution in [-0.4, -0.2) is 24.8 Å². The Hall–Kier alpha value is -1.06. The second-order valence-corrected chi connectivity index (χ2v) is 3.97. The number of aliphatic hydroxyl groups is 1. The highest BCUT2D eigenvalue weighted by atomic mass is 16.5. The van der Waals surface area contributed by atoms with Crippen LogP contribution in [0.2, 0.25) is 0 Å². The summed E-state index contributed by atoms with van der Waals surface area (Å²) in [6.45, 7) is 3.05. The zero-order chi connectivity index (χ0) is 10.5. The minimum absolute atomic E-state index is 0.0901. The van der Waals surface area contributed by atoms with E-state index in [1.54, 1.807) is 0 Å². The van der Waals surface area contributed by atoms with Crippen molar-refractivity contribution in [3.05, 3.63) is 29.8 Å². The van der Waals surface area contributed by atoms with Crippen LogP contribution in [0, 0.1) is 5.92 Å². The van der Waals surface area contributed by atoms with Gasteiger partial charge in [0.15, 0.2) is 0 Å². The molecule has 0 radical (unpaired) electrons. The number of hydrogen-bond acceptors (Lipinski definition) is 3. The average Bonchev–Trinajstić information content (AvgIpc) is 2.80. The Balaban J connectivity index is 1.82. The van der Waals surface area contributed by atoms with Gasteiger partial charge in [0.25, 0.3) is 0 Å². The van der Waals surface area contributed by atoms with Gasteiger partial charge in [-0.3, -0.25) is 0 Å². The fourth-order valence-electron chi connectivity index (χ4n) is 1.76. The monoisotopic (exact) mass is 207 g/mol. The first-order valence-electron chi connectivity index (χ1n) is 5.42. The molecule has 15 heavy (non-hydrogen) atoms. The van der Waals surface area contributed by atoms with Gasteiger partial charge in [-0.05, 0) is 30.7 Å². The van der Waals surface area contributed by atoms with E-state index in [1.165, 1.54) is 6.42 Å². The summed E-state index contributed by atoms with van der Waals surface area (Å²) < 4.78 is 5.67. The quantitative estimate of drug-likeness (QED) is 0.778. The van der Waals surface area contributed by atoms with Crippen LogP contribution in [0.1, 0.15) is 12.0 Å². The molecular formula is C12H17NO2. The molecule has 3 nitrogen and oxygen atoms in total. The molecule has 0 saturated carbocycles. The van der Waals surface area contributed by atoms with Crippen LogP contribution < -0.4 is 10.1 Å². The zero-order valence-electron chi connectivity index (χ0n) is 8.78. The lowest BCUT2D eigenvalue weighted by atomic mass is 10.1. The molecule has 0 aliphatic carbocycles. The Morgan fingerprint density at radius 3 is 2.73 bits per heavy atom. The summed E-state index contributed by atoms with van der Waals surface area (Å²) in [5.41, 5.74) is 0.921. The van der Waals surface area contributed by atoms with Crippen molar-refractivity contribution >= 4 is 0 Å². The fourth-order valence-corrected chi connectivity index (χ4v) is 1.76. The maximum atomic E-state index is 8.88. The van der Waals surface area contributed by atoms with Crippen LogP contribution in [0.25, 0.3) is 0 Å². The minimum Gasteiger partial charge on any atom is -0.493 e. The first-order valence-corrected chi connectivity index (χ1v) is 5.42. The minimum atomic E-state index is 0.0901. The maximum Gasteiger partial charge on any atom is 0.119 e. The Bertz CT molecular complexity index is 291. The predicted octanol–water partition coefficient (Wildman–Crippen LogP) is 1.17. The van der Waals surface area contributed by atoms with Gasteiger partial charge < -0.3 is 15.2 Å². The van der Waals surface area contributed by atoms with Crippen LogP contribution in [0.3, 0.4) is 0 Å². The summed E-state index contributed by atoms with van der Waals surface area (Å²) in [4.78, 5) is 0. The number of ether oxygens (including phenoxy) is 1. The summed E-state index contributed by atoms with van der Waals surface area (Å²) in [7, 11) is 0. The van der Waals surface area contributed by atoms with E-state index in [4.69, 9.17) is 9.84 Å². The van der Waals surface area contributed by atoms with Crippen molar-refractivity contribution in [1.82, 2.24) is 5.32 Å². The summed E-state index contributed by atoms with van der Waals surface area (Å²) >= 11 is 0. The van der Waals surface area contributed by atoms with Gasteiger partial charge in [0.2, 0.25) is 0 Å².